The van der Waals surface area contributed by atoms with Gasteiger partial charge in [0.25, 0.3) is 0 Å². The Bertz CT molecular complexity index is 632. The molecule has 1 rings (SSSR count). The monoisotopic (exact) mass is 321 g/mol. The van der Waals surface area contributed by atoms with Crippen LogP contribution >= 0.6 is 33.9 Å². The zero-order chi connectivity index (χ0) is 12.6. The topological polar surface area (TPSA) is 63.6 Å². The van der Waals surface area contributed by atoms with E-state index < -0.39 is 19.0 Å². The Kier molecular flexibility index (Phi) is 4.13. The smallest absolute Gasteiger partial charge is 0.244 e. The molecule has 0 aliphatic rings. The van der Waals surface area contributed by atoms with Crippen molar-refractivity contribution in [3.63, 3.8) is 0 Å². The Morgan fingerprint density at radius 1 is 1.19 bits per heavy atom. The van der Waals surface area contributed by atoms with Crippen LogP contribution in [0, 0.1) is 0 Å². The van der Waals surface area contributed by atoms with Gasteiger partial charge in [0.2, 0.25) is 0 Å². The van der Waals surface area contributed by atoms with Crippen LogP contribution in [-0.4, -0.2) is 18.9 Å². The molecule has 16 heavy (non-hydrogen) atoms. The molecule has 0 fully saturated rings. The molecular formula is C7H6Cl3NO3S2. The van der Waals surface area contributed by atoms with E-state index in [0.717, 1.165) is 6.26 Å². The van der Waals surface area contributed by atoms with E-state index in [9.17, 15) is 12.6 Å². The summed E-state index contributed by atoms with van der Waals surface area (Å²) in [5.41, 5.74) is 0. The lowest BCUT2D eigenvalue weighted by Crippen LogP contribution is -2.01. The molecule has 0 N–H and O–H groups in total. The number of hydrogen-bond acceptors (Lipinski definition) is 3. The van der Waals surface area contributed by atoms with Gasteiger partial charge in [0, 0.05) is 22.0 Å². The van der Waals surface area contributed by atoms with E-state index in [4.69, 9.17) is 33.9 Å². The minimum absolute atomic E-state index is 0.0332. The maximum Gasteiger partial charge on any atom is 0.347 e. The number of rotatable bonds is 2. The summed E-state index contributed by atoms with van der Waals surface area (Å²) in [6.07, 6.45) is 1.12. The molecule has 90 valence electrons. The van der Waals surface area contributed by atoms with Gasteiger partial charge in [-0.2, -0.15) is 8.42 Å². The molecule has 1 aromatic rings. The molecule has 0 saturated heterocycles. The van der Waals surface area contributed by atoms with E-state index in [1.165, 1.54) is 18.2 Å². The second-order valence-corrected chi connectivity index (χ2v) is 8.34. The third-order valence-electron chi connectivity index (χ3n) is 1.53. The van der Waals surface area contributed by atoms with Crippen LogP contribution in [0.15, 0.2) is 26.9 Å². The van der Waals surface area contributed by atoms with Crippen molar-refractivity contribution in [2.75, 3.05) is 6.26 Å². The summed E-state index contributed by atoms with van der Waals surface area (Å²) in [5.74, 6) is 0. The molecule has 0 amide bonds. The van der Waals surface area contributed by atoms with Crippen LogP contribution in [0.5, 0.6) is 0 Å². The summed E-state index contributed by atoms with van der Waals surface area (Å²) >= 11 is 11.5. The average molecular weight is 323 g/mol. The van der Waals surface area contributed by atoms with Crippen molar-refractivity contribution in [3.8, 4) is 0 Å². The molecule has 0 aliphatic carbocycles. The molecule has 0 spiro atoms. The largest absolute Gasteiger partial charge is 0.347 e. The molecule has 0 aliphatic heterocycles. The van der Waals surface area contributed by atoms with Crippen molar-refractivity contribution in [1.82, 2.24) is 0 Å². The fraction of sp³-hybridized carbons (Fsp3) is 0.143. The van der Waals surface area contributed by atoms with Crippen LogP contribution < -0.4 is 0 Å². The Morgan fingerprint density at radius 2 is 1.75 bits per heavy atom. The van der Waals surface area contributed by atoms with Gasteiger partial charge in [-0.15, -0.1) is 0 Å². The highest BCUT2D eigenvalue weighted by Crippen LogP contribution is 2.27. The summed E-state index contributed by atoms with van der Waals surface area (Å²) < 4.78 is 36.6. The first-order valence-electron chi connectivity index (χ1n) is 3.75. The van der Waals surface area contributed by atoms with Crippen LogP contribution in [0.4, 0.5) is 0 Å². The predicted molar refractivity (Wildman–Crippen MR) is 66.0 cm³/mol. The van der Waals surface area contributed by atoms with E-state index in [1.54, 1.807) is 0 Å². The van der Waals surface area contributed by atoms with Gasteiger partial charge in [-0.25, -0.2) is 4.21 Å². The fourth-order valence-corrected chi connectivity index (χ4v) is 5.18. The molecule has 0 bridgehead atoms. The number of hydrogen-bond donors (Lipinski definition) is 0. The van der Waals surface area contributed by atoms with Gasteiger partial charge < -0.3 is 0 Å². The maximum atomic E-state index is 12.0. The van der Waals surface area contributed by atoms with Gasteiger partial charge in [0.05, 0.1) is 19.6 Å². The molecule has 1 atom stereocenters. The summed E-state index contributed by atoms with van der Waals surface area (Å²) in [6, 6.07) is 4.18. The summed E-state index contributed by atoms with van der Waals surface area (Å²) in [6.45, 7) is 0. The molecular weight excluding hydrogens is 317 g/mol. The minimum Gasteiger partial charge on any atom is -0.244 e. The zero-order valence-electron chi connectivity index (χ0n) is 7.85. The lowest BCUT2D eigenvalue weighted by Gasteiger charge is -2.05. The predicted octanol–water partition coefficient (Wildman–Crippen LogP) is 2.93. The van der Waals surface area contributed by atoms with Crippen LogP contribution in [0.1, 0.15) is 0 Å². The standard InChI is InChI=1S/C7H6Cl3NO3S2/c1-15(12,11-16(10,13)14)7-4-5(8)2-3-6(7)9/h2-4H,1H3/t15-/m0/s1. The van der Waals surface area contributed by atoms with Crippen molar-refractivity contribution >= 4 is 52.9 Å². The molecule has 0 unspecified atom stereocenters. The van der Waals surface area contributed by atoms with Gasteiger partial charge in [-0.3, -0.25) is 0 Å². The third kappa shape index (κ3) is 3.78. The van der Waals surface area contributed by atoms with Crippen LogP contribution in [0.25, 0.3) is 0 Å². The molecule has 0 aromatic heterocycles. The first-order valence-corrected chi connectivity index (χ1v) is 8.69. The van der Waals surface area contributed by atoms with Crippen molar-refractivity contribution in [1.29, 1.82) is 0 Å². The summed E-state index contributed by atoms with van der Waals surface area (Å²) in [5, 5.41) is 0.386. The Morgan fingerprint density at radius 3 is 2.25 bits per heavy atom. The van der Waals surface area contributed by atoms with Gasteiger partial charge >= 0.3 is 9.24 Å². The highest BCUT2D eigenvalue weighted by molar-refractivity contribution is 8.17. The lowest BCUT2D eigenvalue weighted by atomic mass is 10.4. The zero-order valence-corrected chi connectivity index (χ0v) is 11.8. The number of halogens is 3. The molecule has 4 nitrogen and oxygen atoms in total. The van der Waals surface area contributed by atoms with Gasteiger partial charge in [0.15, 0.2) is 0 Å². The lowest BCUT2D eigenvalue weighted by molar-refractivity contribution is 0.611. The first-order chi connectivity index (χ1) is 7.12. The SMILES string of the molecule is C[S@@](=O)(=NS(=O)(=O)Cl)c1cc(Cl)ccc1Cl. The number of benzene rings is 1. The quantitative estimate of drug-likeness (QED) is 0.786. The second-order valence-electron chi connectivity index (χ2n) is 2.86. The second kappa shape index (κ2) is 4.70. The summed E-state index contributed by atoms with van der Waals surface area (Å²) in [7, 11) is -2.56. The molecule has 0 heterocycles. The van der Waals surface area contributed by atoms with Crippen LogP contribution in [0.2, 0.25) is 10.0 Å². The molecule has 1 aromatic carbocycles. The van der Waals surface area contributed by atoms with Crippen molar-refractivity contribution in [2.45, 2.75) is 4.90 Å². The van der Waals surface area contributed by atoms with Crippen molar-refractivity contribution in [3.05, 3.63) is 28.2 Å². The Balaban J connectivity index is 3.57. The molecule has 0 radical (unpaired) electrons. The number of nitrogens with zero attached hydrogens (tertiary/aromatic N) is 1. The normalized spacial score (nSPS) is 15.5. The Labute approximate surface area is 108 Å². The molecule has 0 saturated carbocycles. The van der Waals surface area contributed by atoms with E-state index in [-0.39, 0.29) is 14.9 Å². The van der Waals surface area contributed by atoms with E-state index in [2.05, 4.69) is 3.77 Å². The maximum absolute atomic E-state index is 12.0. The molecule has 9 heteroatoms. The highest BCUT2D eigenvalue weighted by atomic mass is 35.7. The van der Waals surface area contributed by atoms with Crippen LogP contribution in [-0.2, 0) is 19.0 Å². The van der Waals surface area contributed by atoms with E-state index in [0.29, 0.717) is 0 Å². The average Bonchev–Trinajstić information content (AvgIpc) is 2.04. The van der Waals surface area contributed by atoms with Gasteiger partial charge in [-0.1, -0.05) is 27.0 Å². The highest BCUT2D eigenvalue weighted by Gasteiger charge is 2.15. The minimum atomic E-state index is -4.24. The van der Waals surface area contributed by atoms with Gasteiger partial charge in [-0.05, 0) is 18.2 Å². The van der Waals surface area contributed by atoms with Crippen LogP contribution in [0.3, 0.4) is 0 Å². The third-order valence-corrected chi connectivity index (χ3v) is 5.72. The summed E-state index contributed by atoms with van der Waals surface area (Å²) in [4.78, 5) is 0.0332. The van der Waals surface area contributed by atoms with E-state index >= 15 is 0 Å². The fourth-order valence-electron chi connectivity index (χ4n) is 0.977. The Hall–Kier alpha value is -0.0100. The van der Waals surface area contributed by atoms with Gasteiger partial charge in [0.1, 0.15) is 0 Å². The first kappa shape index (κ1) is 14.1. The van der Waals surface area contributed by atoms with Crippen molar-refractivity contribution < 1.29 is 12.6 Å². The van der Waals surface area contributed by atoms with E-state index in [1.807, 2.05) is 0 Å². The van der Waals surface area contributed by atoms with Crippen molar-refractivity contribution in [2.24, 2.45) is 3.77 Å².